The Kier molecular flexibility index (Phi) is 6.25. The fourth-order valence-corrected chi connectivity index (χ4v) is 4.24. The SMILES string of the molecule is Cc1ccc([N+](=O)[O-])cc1N(CC(=O)Nc1ccc(N2CCCC2=O)cc1)S(C)(=O)=O. The summed E-state index contributed by atoms with van der Waals surface area (Å²) >= 11 is 0. The Hall–Kier alpha value is -3.47. The van der Waals surface area contributed by atoms with Crippen LogP contribution in [0.3, 0.4) is 0 Å². The van der Waals surface area contributed by atoms with Crippen LogP contribution in [0, 0.1) is 17.0 Å². The topological polar surface area (TPSA) is 130 Å². The van der Waals surface area contributed by atoms with E-state index in [1.807, 2.05) is 0 Å². The first-order chi connectivity index (χ1) is 14.6. The molecule has 0 aliphatic carbocycles. The number of benzene rings is 2. The van der Waals surface area contributed by atoms with Crippen molar-refractivity contribution in [2.45, 2.75) is 19.8 Å². The Morgan fingerprint density at radius 2 is 1.90 bits per heavy atom. The van der Waals surface area contributed by atoms with Crippen LogP contribution in [0.5, 0.6) is 0 Å². The highest BCUT2D eigenvalue weighted by Crippen LogP contribution is 2.28. The average Bonchev–Trinajstić information content (AvgIpc) is 3.12. The molecule has 0 spiro atoms. The van der Waals surface area contributed by atoms with Crippen LogP contribution in [-0.2, 0) is 19.6 Å². The molecule has 1 aliphatic rings. The molecule has 1 aliphatic heterocycles. The van der Waals surface area contributed by atoms with E-state index in [4.69, 9.17) is 0 Å². The number of nitrogens with one attached hydrogen (secondary N) is 1. The van der Waals surface area contributed by atoms with E-state index in [0.717, 1.165) is 28.7 Å². The minimum absolute atomic E-state index is 0.0490. The van der Waals surface area contributed by atoms with Crippen molar-refractivity contribution in [1.82, 2.24) is 0 Å². The normalized spacial score (nSPS) is 13.9. The number of hydrogen-bond donors (Lipinski definition) is 1. The molecule has 0 saturated carbocycles. The maximum Gasteiger partial charge on any atom is 0.271 e. The number of carbonyl (C=O) groups excluding carboxylic acids is 2. The summed E-state index contributed by atoms with van der Waals surface area (Å²) < 4.78 is 25.5. The van der Waals surface area contributed by atoms with Crippen molar-refractivity contribution in [3.8, 4) is 0 Å². The van der Waals surface area contributed by atoms with Crippen molar-refractivity contribution in [1.29, 1.82) is 0 Å². The Morgan fingerprint density at radius 1 is 1.23 bits per heavy atom. The van der Waals surface area contributed by atoms with Gasteiger partial charge < -0.3 is 10.2 Å². The summed E-state index contributed by atoms with van der Waals surface area (Å²) in [5.74, 6) is -0.561. The summed E-state index contributed by atoms with van der Waals surface area (Å²) in [6.45, 7) is 1.71. The van der Waals surface area contributed by atoms with E-state index in [0.29, 0.717) is 24.2 Å². The van der Waals surface area contributed by atoms with E-state index in [1.54, 1.807) is 36.1 Å². The molecule has 0 radical (unpaired) electrons. The minimum Gasteiger partial charge on any atom is -0.325 e. The van der Waals surface area contributed by atoms with Gasteiger partial charge in [0.15, 0.2) is 0 Å². The van der Waals surface area contributed by atoms with Crippen molar-refractivity contribution >= 4 is 44.6 Å². The van der Waals surface area contributed by atoms with Crippen molar-refractivity contribution in [3.05, 3.63) is 58.1 Å². The van der Waals surface area contributed by atoms with Crippen LogP contribution in [-0.4, -0.2) is 44.5 Å². The van der Waals surface area contributed by atoms with Crippen LogP contribution in [0.4, 0.5) is 22.7 Å². The lowest BCUT2D eigenvalue weighted by atomic mass is 10.2. The molecule has 1 N–H and O–H groups in total. The maximum atomic E-state index is 12.6. The first-order valence-corrected chi connectivity index (χ1v) is 11.3. The van der Waals surface area contributed by atoms with E-state index in [9.17, 15) is 28.1 Å². The van der Waals surface area contributed by atoms with Crippen molar-refractivity contribution in [2.24, 2.45) is 0 Å². The fraction of sp³-hybridized carbons (Fsp3) is 0.300. The summed E-state index contributed by atoms with van der Waals surface area (Å²) in [6, 6.07) is 10.5. The smallest absolute Gasteiger partial charge is 0.271 e. The number of non-ortho nitro benzene ring substituents is 1. The zero-order valence-electron chi connectivity index (χ0n) is 17.1. The predicted octanol–water partition coefficient (Wildman–Crippen LogP) is 2.43. The highest BCUT2D eigenvalue weighted by molar-refractivity contribution is 7.92. The molecule has 1 heterocycles. The predicted molar refractivity (Wildman–Crippen MR) is 117 cm³/mol. The van der Waals surface area contributed by atoms with Crippen LogP contribution in [0.15, 0.2) is 42.5 Å². The number of sulfonamides is 1. The number of carbonyl (C=O) groups is 2. The molecule has 1 fully saturated rings. The van der Waals surface area contributed by atoms with E-state index in [-0.39, 0.29) is 17.3 Å². The van der Waals surface area contributed by atoms with Crippen LogP contribution in [0.1, 0.15) is 18.4 Å². The molecule has 2 aromatic rings. The average molecular weight is 446 g/mol. The summed E-state index contributed by atoms with van der Waals surface area (Å²) in [6.07, 6.45) is 2.24. The van der Waals surface area contributed by atoms with Gasteiger partial charge in [-0.15, -0.1) is 0 Å². The van der Waals surface area contributed by atoms with Crippen molar-refractivity contribution < 1.29 is 22.9 Å². The summed E-state index contributed by atoms with van der Waals surface area (Å²) in [7, 11) is -3.89. The molecule has 0 atom stereocenters. The summed E-state index contributed by atoms with van der Waals surface area (Å²) in [5, 5.41) is 13.7. The minimum atomic E-state index is -3.89. The highest BCUT2D eigenvalue weighted by Gasteiger charge is 2.25. The second kappa shape index (κ2) is 8.72. The van der Waals surface area contributed by atoms with E-state index in [1.165, 1.54) is 12.1 Å². The molecule has 2 amide bonds. The largest absolute Gasteiger partial charge is 0.325 e. The fourth-order valence-electron chi connectivity index (χ4n) is 3.34. The molecule has 10 nitrogen and oxygen atoms in total. The zero-order valence-corrected chi connectivity index (χ0v) is 17.9. The van der Waals surface area contributed by atoms with Gasteiger partial charge in [-0.1, -0.05) is 6.07 Å². The van der Waals surface area contributed by atoms with Gasteiger partial charge in [0.2, 0.25) is 21.8 Å². The number of aryl methyl sites for hydroxylation is 1. The lowest BCUT2D eigenvalue weighted by molar-refractivity contribution is -0.384. The number of rotatable bonds is 7. The molecule has 3 rings (SSSR count). The number of nitro groups is 1. The molecular weight excluding hydrogens is 424 g/mol. The van der Waals surface area contributed by atoms with Gasteiger partial charge in [-0.25, -0.2) is 8.42 Å². The number of nitro benzene ring substituents is 1. The second-order valence-corrected chi connectivity index (χ2v) is 9.15. The summed E-state index contributed by atoms with van der Waals surface area (Å²) in [5.41, 5.74) is 1.43. The molecule has 0 bridgehead atoms. The van der Waals surface area contributed by atoms with Gasteiger partial charge in [-0.2, -0.15) is 0 Å². The van der Waals surface area contributed by atoms with Gasteiger partial charge in [0.05, 0.1) is 16.9 Å². The van der Waals surface area contributed by atoms with Crippen LogP contribution < -0.4 is 14.5 Å². The molecule has 31 heavy (non-hydrogen) atoms. The highest BCUT2D eigenvalue weighted by atomic mass is 32.2. The molecule has 1 saturated heterocycles. The molecule has 0 unspecified atom stereocenters. The third-order valence-electron chi connectivity index (χ3n) is 4.90. The quantitative estimate of drug-likeness (QED) is 0.514. The van der Waals surface area contributed by atoms with Crippen molar-refractivity contribution in [3.63, 3.8) is 0 Å². The monoisotopic (exact) mass is 446 g/mol. The third kappa shape index (κ3) is 5.18. The van der Waals surface area contributed by atoms with Gasteiger partial charge >= 0.3 is 0 Å². The van der Waals surface area contributed by atoms with Crippen molar-refractivity contribution in [2.75, 3.05) is 33.9 Å². The second-order valence-electron chi connectivity index (χ2n) is 7.24. The molecule has 0 aromatic heterocycles. The van der Waals surface area contributed by atoms with Crippen LogP contribution in [0.25, 0.3) is 0 Å². The van der Waals surface area contributed by atoms with Gasteiger partial charge in [0, 0.05) is 36.5 Å². The Morgan fingerprint density at radius 3 is 2.45 bits per heavy atom. The van der Waals surface area contributed by atoms with Gasteiger partial charge in [-0.05, 0) is 43.2 Å². The van der Waals surface area contributed by atoms with E-state index >= 15 is 0 Å². The number of hydrogen-bond acceptors (Lipinski definition) is 6. The first kappa shape index (κ1) is 22.2. The van der Waals surface area contributed by atoms with Crippen LogP contribution in [0.2, 0.25) is 0 Å². The number of anilines is 3. The zero-order chi connectivity index (χ0) is 22.8. The van der Waals surface area contributed by atoms with Gasteiger partial charge in [0.25, 0.3) is 5.69 Å². The Labute approximate surface area is 179 Å². The molecule has 164 valence electrons. The van der Waals surface area contributed by atoms with Gasteiger partial charge in [-0.3, -0.25) is 24.0 Å². The van der Waals surface area contributed by atoms with E-state index in [2.05, 4.69) is 5.32 Å². The molecule has 11 heteroatoms. The Balaban J connectivity index is 1.77. The maximum absolute atomic E-state index is 12.6. The van der Waals surface area contributed by atoms with Gasteiger partial charge in [0.1, 0.15) is 6.54 Å². The summed E-state index contributed by atoms with van der Waals surface area (Å²) in [4.78, 5) is 36.5. The Bertz CT molecular complexity index is 1130. The number of nitrogens with zero attached hydrogens (tertiary/aromatic N) is 3. The molecular formula is C20H22N4O6S. The standard InChI is InChI=1S/C20H22N4O6S/c1-14-5-8-17(24(27)28)12-18(14)23(31(2,29)30)13-19(25)21-15-6-9-16(10-7-15)22-11-3-4-20(22)26/h5-10,12H,3-4,11,13H2,1-2H3,(H,21,25). The molecule has 2 aromatic carbocycles. The van der Waals surface area contributed by atoms with E-state index < -0.39 is 27.4 Å². The number of amides is 2. The first-order valence-electron chi connectivity index (χ1n) is 9.49. The lowest BCUT2D eigenvalue weighted by Gasteiger charge is -2.23. The third-order valence-corrected chi connectivity index (χ3v) is 6.02. The van der Waals surface area contributed by atoms with Crippen LogP contribution >= 0.6 is 0 Å². The lowest BCUT2D eigenvalue weighted by Crippen LogP contribution is -2.37.